The van der Waals surface area contributed by atoms with Gasteiger partial charge < -0.3 is 0 Å². The van der Waals surface area contributed by atoms with Crippen LogP contribution in [0.15, 0.2) is 84.9 Å². The molecular weight excluding hydrogens is 473 g/mol. The van der Waals surface area contributed by atoms with Crippen molar-refractivity contribution in [2.45, 2.75) is 0 Å². The Kier molecular flexibility index (Phi) is 6.39. The van der Waals surface area contributed by atoms with Gasteiger partial charge in [0, 0.05) is 42.0 Å². The largest absolute Gasteiger partial charge is 0.270 e. The normalized spacial score (nSPS) is 10.7. The number of hydrogen-bond acceptors (Lipinski definition) is 7. The Bertz CT molecular complexity index is 1520. The summed E-state index contributed by atoms with van der Waals surface area (Å²) in [5.41, 5.74) is 1.88. The van der Waals surface area contributed by atoms with E-state index in [1.807, 2.05) is 0 Å². The van der Waals surface area contributed by atoms with Gasteiger partial charge >= 0.3 is 0 Å². The molecule has 0 spiro atoms. The molecule has 0 heterocycles. The van der Waals surface area contributed by atoms with E-state index in [0.29, 0.717) is 38.7 Å². The van der Waals surface area contributed by atoms with E-state index in [1.165, 1.54) is 54.6 Å². The van der Waals surface area contributed by atoms with Crippen molar-refractivity contribution in [2.75, 3.05) is 0 Å². The second kappa shape index (κ2) is 9.58. The van der Waals surface area contributed by atoms with Crippen LogP contribution in [0.1, 0.15) is 0 Å². The first-order chi connectivity index (χ1) is 16.8. The van der Waals surface area contributed by atoms with Crippen molar-refractivity contribution in [3.63, 3.8) is 0 Å². The van der Waals surface area contributed by atoms with Crippen molar-refractivity contribution in [1.82, 2.24) is 0 Å². The lowest BCUT2D eigenvalue weighted by Crippen LogP contribution is -2.04. The van der Waals surface area contributed by atoms with Crippen molar-refractivity contribution < 1.29 is 19.3 Å². The molecule has 4 rings (SSSR count). The zero-order chi connectivity index (χ0) is 25.1. The van der Waals surface area contributed by atoms with E-state index < -0.39 is 14.8 Å². The Morgan fingerprint density at radius 3 is 1.43 bits per heavy atom. The van der Waals surface area contributed by atoms with Crippen LogP contribution in [0.5, 0.6) is 0 Å². The molecule has 0 saturated carbocycles. The van der Waals surface area contributed by atoms with Gasteiger partial charge in [-0.2, -0.15) is 0 Å². The van der Waals surface area contributed by atoms with E-state index in [9.17, 15) is 34.9 Å². The molecule has 0 amide bonds. The maximum Gasteiger partial charge on any atom is 0.270 e. The average molecular weight is 487 g/mol. The van der Waals surface area contributed by atoms with Gasteiger partial charge in [0.15, 0.2) is 8.46 Å². The first-order valence-corrected chi connectivity index (χ1v) is 10.9. The molecule has 0 radical (unpaired) electrons. The van der Waals surface area contributed by atoms with E-state index in [4.69, 9.17) is 0 Å². The molecule has 0 unspecified atom stereocenters. The van der Waals surface area contributed by atoms with Crippen molar-refractivity contribution in [3.8, 4) is 33.4 Å². The Morgan fingerprint density at radius 2 is 0.971 bits per heavy atom. The van der Waals surface area contributed by atoms with Crippen molar-refractivity contribution >= 4 is 30.8 Å². The topological polar surface area (TPSA) is 146 Å². The zero-order valence-electron chi connectivity index (χ0n) is 17.7. The molecular formula is C24H14N3O7P. The first-order valence-electron chi connectivity index (χ1n) is 10.0. The van der Waals surface area contributed by atoms with Crippen LogP contribution < -0.4 is 5.30 Å². The van der Waals surface area contributed by atoms with Gasteiger partial charge in [-0.05, 0) is 33.9 Å². The minimum Gasteiger partial charge on any atom is -0.269 e. The monoisotopic (exact) mass is 487 g/mol. The molecule has 11 heteroatoms. The van der Waals surface area contributed by atoms with Crippen LogP contribution in [0.3, 0.4) is 0 Å². The van der Waals surface area contributed by atoms with Crippen LogP contribution in [-0.2, 0) is 4.57 Å². The number of non-ortho nitro benzene ring substituents is 3. The molecule has 0 saturated heterocycles. The zero-order valence-corrected chi connectivity index (χ0v) is 18.6. The van der Waals surface area contributed by atoms with E-state index in [1.54, 1.807) is 30.3 Å². The summed E-state index contributed by atoms with van der Waals surface area (Å²) in [5, 5.41) is 34.5. The Morgan fingerprint density at radius 1 is 0.543 bits per heavy atom. The van der Waals surface area contributed by atoms with E-state index >= 15 is 0 Å². The number of rotatable bonds is 7. The van der Waals surface area contributed by atoms with Gasteiger partial charge in [-0.25, -0.2) is 0 Å². The maximum absolute atomic E-state index is 12.1. The summed E-state index contributed by atoms with van der Waals surface area (Å²) in [6.45, 7) is 0. The SMILES string of the molecule is O=Pc1ccc(-c2cccc([N+](=O)[O-])c2)c(-c2cccc([N+](=O)[O-])c2)c1-c1cccc([N+](=O)[O-])c1. The van der Waals surface area contributed by atoms with Crippen molar-refractivity contribution in [3.05, 3.63) is 115 Å². The first kappa shape index (κ1) is 23.3. The summed E-state index contributed by atoms with van der Waals surface area (Å²) in [5.74, 6) is 0. The fourth-order valence-corrected chi connectivity index (χ4v) is 4.30. The molecule has 0 bridgehead atoms. The highest BCUT2D eigenvalue weighted by Crippen LogP contribution is 2.42. The van der Waals surface area contributed by atoms with Gasteiger partial charge in [0.2, 0.25) is 0 Å². The van der Waals surface area contributed by atoms with Gasteiger partial charge in [-0.3, -0.25) is 34.9 Å². The van der Waals surface area contributed by atoms with E-state index in [2.05, 4.69) is 0 Å². The lowest BCUT2D eigenvalue weighted by Gasteiger charge is -2.18. The van der Waals surface area contributed by atoms with Crippen LogP contribution in [0.4, 0.5) is 17.1 Å². The van der Waals surface area contributed by atoms with Gasteiger partial charge in [-0.15, -0.1) is 0 Å². The second-order valence-corrected chi connectivity index (χ2v) is 8.06. The second-order valence-electron chi connectivity index (χ2n) is 7.40. The molecule has 0 aliphatic heterocycles. The highest BCUT2D eigenvalue weighted by atomic mass is 31.1. The van der Waals surface area contributed by atoms with Gasteiger partial charge in [-0.1, -0.05) is 42.5 Å². The highest BCUT2D eigenvalue weighted by molar-refractivity contribution is 7.34. The van der Waals surface area contributed by atoms with Crippen LogP contribution in [0.25, 0.3) is 33.4 Å². The van der Waals surface area contributed by atoms with Crippen LogP contribution >= 0.6 is 8.46 Å². The third-order valence-electron chi connectivity index (χ3n) is 5.34. The maximum atomic E-state index is 12.1. The number of nitrogens with zero attached hydrogens (tertiary/aromatic N) is 3. The van der Waals surface area contributed by atoms with Crippen molar-refractivity contribution in [1.29, 1.82) is 0 Å². The summed E-state index contributed by atoms with van der Waals surface area (Å²) < 4.78 is 12.1. The molecule has 4 aromatic rings. The van der Waals surface area contributed by atoms with Crippen molar-refractivity contribution in [2.24, 2.45) is 0 Å². The predicted molar refractivity (Wildman–Crippen MR) is 130 cm³/mol. The van der Waals surface area contributed by atoms with Gasteiger partial charge in [0.1, 0.15) is 0 Å². The number of benzene rings is 4. The molecule has 0 atom stereocenters. The van der Waals surface area contributed by atoms with Gasteiger partial charge in [0.05, 0.1) is 20.1 Å². The van der Waals surface area contributed by atoms with E-state index in [-0.39, 0.29) is 25.5 Å². The Balaban J connectivity index is 2.13. The molecule has 0 fully saturated rings. The predicted octanol–water partition coefficient (Wildman–Crippen LogP) is 6.33. The fourth-order valence-electron chi connectivity index (χ4n) is 3.84. The average Bonchev–Trinajstić information content (AvgIpc) is 2.87. The van der Waals surface area contributed by atoms with Crippen LogP contribution in [0.2, 0.25) is 0 Å². The minimum atomic E-state index is -0.560. The Labute approximate surface area is 199 Å². The van der Waals surface area contributed by atoms with E-state index in [0.717, 1.165) is 0 Å². The summed E-state index contributed by atoms with van der Waals surface area (Å²) >= 11 is 0. The molecule has 0 N–H and O–H groups in total. The summed E-state index contributed by atoms with van der Waals surface area (Å²) in [6, 6.07) is 20.5. The fraction of sp³-hybridized carbons (Fsp3) is 0. The summed E-state index contributed by atoms with van der Waals surface area (Å²) in [7, 11) is -0.380. The molecule has 35 heavy (non-hydrogen) atoms. The van der Waals surface area contributed by atoms with Crippen LogP contribution in [0, 0.1) is 30.3 Å². The summed E-state index contributed by atoms with van der Waals surface area (Å²) in [4.78, 5) is 32.6. The molecule has 4 aromatic carbocycles. The molecule has 172 valence electrons. The van der Waals surface area contributed by atoms with Gasteiger partial charge in [0.25, 0.3) is 17.1 Å². The lowest BCUT2D eigenvalue weighted by molar-refractivity contribution is -0.385. The highest BCUT2D eigenvalue weighted by Gasteiger charge is 2.22. The molecule has 0 aliphatic rings. The quantitative estimate of drug-likeness (QED) is 0.168. The standard InChI is InChI=1S/C24H14N3O7P/c28-25(29)18-7-1-4-15(12-18)21-10-11-22(35-34)24(17-6-3-9-20(14-17)27(32)33)23(21)16-5-2-8-19(13-16)26(30)31/h1-14H. The third-order valence-corrected chi connectivity index (χ3v) is 5.91. The third kappa shape index (κ3) is 4.64. The minimum absolute atomic E-state index is 0.157. The molecule has 0 aromatic heterocycles. The number of nitro groups is 3. The smallest absolute Gasteiger partial charge is 0.269 e. The molecule has 0 aliphatic carbocycles. The Hall–Kier alpha value is -4.82. The van der Waals surface area contributed by atoms with Crippen LogP contribution in [-0.4, -0.2) is 14.8 Å². The number of nitro benzene ring substituents is 3. The summed E-state index contributed by atoms with van der Waals surface area (Å²) in [6.07, 6.45) is 0. The number of hydrogen-bond donors (Lipinski definition) is 0. The molecule has 10 nitrogen and oxygen atoms in total. The lowest BCUT2D eigenvalue weighted by atomic mass is 9.87.